The number of hydrogen-bond acceptors (Lipinski definition) is 6. The molecule has 2 aromatic heterocycles. The number of carbonyl (C=O) groups excluding carboxylic acids is 1. The van der Waals surface area contributed by atoms with Gasteiger partial charge in [0.1, 0.15) is 17.2 Å². The molecule has 0 aliphatic heterocycles. The van der Waals surface area contributed by atoms with Gasteiger partial charge in [-0.3, -0.25) is 14.2 Å². The van der Waals surface area contributed by atoms with E-state index >= 15 is 0 Å². The van der Waals surface area contributed by atoms with Crippen LogP contribution >= 0.6 is 11.3 Å². The molecule has 198 valence electrons. The summed E-state index contributed by atoms with van der Waals surface area (Å²) in [6.45, 7) is 5.35. The lowest BCUT2D eigenvalue weighted by Crippen LogP contribution is -2.34. The van der Waals surface area contributed by atoms with Crippen LogP contribution in [0.4, 0.5) is 0 Å². The van der Waals surface area contributed by atoms with Gasteiger partial charge >= 0.3 is 0 Å². The molecule has 0 saturated heterocycles. The SMILES string of the molecule is CCOc1ccc(CCNC(=O)Cn2c(-c3ccccc3)nc3sc4c(c3c2=O)CCCC4)cc1OCC. The van der Waals surface area contributed by atoms with E-state index in [9.17, 15) is 9.59 Å². The second-order valence-corrected chi connectivity index (χ2v) is 10.4. The van der Waals surface area contributed by atoms with E-state index in [1.165, 1.54) is 4.88 Å². The van der Waals surface area contributed by atoms with Crippen molar-refractivity contribution < 1.29 is 14.3 Å². The highest BCUT2D eigenvalue weighted by molar-refractivity contribution is 7.18. The summed E-state index contributed by atoms with van der Waals surface area (Å²) >= 11 is 1.63. The van der Waals surface area contributed by atoms with Gasteiger partial charge in [-0.15, -0.1) is 11.3 Å². The molecule has 1 aliphatic carbocycles. The standard InChI is InChI=1S/C30H33N3O4S/c1-3-36-23-15-14-20(18-24(23)37-4-2)16-17-31-26(34)19-33-28(21-10-6-5-7-11-21)32-29-27(30(33)35)22-12-8-9-13-25(22)38-29/h5-7,10-11,14-15,18H,3-4,8-9,12-13,16-17,19H2,1-2H3,(H,31,34). The van der Waals surface area contributed by atoms with E-state index < -0.39 is 0 Å². The van der Waals surface area contributed by atoms with Crippen molar-refractivity contribution in [2.24, 2.45) is 0 Å². The van der Waals surface area contributed by atoms with Crippen LogP contribution in [0.1, 0.15) is 42.7 Å². The number of fused-ring (bicyclic) bond motifs is 3. The van der Waals surface area contributed by atoms with Crippen molar-refractivity contribution >= 4 is 27.5 Å². The van der Waals surface area contributed by atoms with Crippen molar-refractivity contribution in [1.29, 1.82) is 0 Å². The molecule has 0 saturated carbocycles. The smallest absolute Gasteiger partial charge is 0.263 e. The van der Waals surface area contributed by atoms with Gasteiger partial charge in [-0.05, 0) is 69.2 Å². The van der Waals surface area contributed by atoms with E-state index in [1.54, 1.807) is 15.9 Å². The van der Waals surface area contributed by atoms with E-state index in [1.807, 2.05) is 62.4 Å². The lowest BCUT2D eigenvalue weighted by Gasteiger charge is -2.15. The van der Waals surface area contributed by atoms with Crippen LogP contribution in [0.3, 0.4) is 0 Å². The normalized spacial score (nSPS) is 12.8. The first-order chi connectivity index (χ1) is 18.6. The van der Waals surface area contributed by atoms with Crippen molar-refractivity contribution in [3.05, 3.63) is 74.9 Å². The molecular formula is C30H33N3O4S. The molecular weight excluding hydrogens is 498 g/mol. The number of aromatic nitrogens is 2. The van der Waals surface area contributed by atoms with Crippen molar-refractivity contribution in [2.75, 3.05) is 19.8 Å². The number of nitrogens with one attached hydrogen (secondary N) is 1. The van der Waals surface area contributed by atoms with Crippen LogP contribution in [-0.2, 0) is 30.6 Å². The Bertz CT molecular complexity index is 1490. The third-order valence-corrected chi connectivity index (χ3v) is 7.94. The lowest BCUT2D eigenvalue weighted by atomic mass is 9.97. The van der Waals surface area contributed by atoms with Crippen LogP contribution in [0.15, 0.2) is 53.3 Å². The highest BCUT2D eigenvalue weighted by Gasteiger charge is 2.23. The first kappa shape index (κ1) is 26.0. The number of aryl methyl sites for hydroxylation is 2. The van der Waals surface area contributed by atoms with Gasteiger partial charge < -0.3 is 14.8 Å². The average Bonchev–Trinajstić information content (AvgIpc) is 3.31. The maximum absolute atomic E-state index is 13.8. The van der Waals surface area contributed by atoms with Crippen LogP contribution in [0.2, 0.25) is 0 Å². The summed E-state index contributed by atoms with van der Waals surface area (Å²) in [7, 11) is 0. The van der Waals surface area contributed by atoms with Gasteiger partial charge in [-0.2, -0.15) is 0 Å². The molecule has 1 N–H and O–H groups in total. The number of hydrogen-bond donors (Lipinski definition) is 1. The van der Waals surface area contributed by atoms with Crippen LogP contribution < -0.4 is 20.3 Å². The van der Waals surface area contributed by atoms with E-state index in [4.69, 9.17) is 14.5 Å². The van der Waals surface area contributed by atoms with E-state index in [-0.39, 0.29) is 18.0 Å². The zero-order valence-electron chi connectivity index (χ0n) is 21.9. The van der Waals surface area contributed by atoms with Crippen molar-refractivity contribution in [2.45, 2.75) is 52.5 Å². The Morgan fingerprint density at radius 3 is 2.58 bits per heavy atom. The first-order valence-electron chi connectivity index (χ1n) is 13.3. The number of rotatable bonds is 10. The first-order valence-corrected chi connectivity index (χ1v) is 14.2. The molecule has 0 unspecified atom stereocenters. The minimum Gasteiger partial charge on any atom is -0.490 e. The minimum atomic E-state index is -0.217. The number of benzene rings is 2. The van der Waals surface area contributed by atoms with Gasteiger partial charge in [-0.25, -0.2) is 4.98 Å². The molecule has 0 bridgehead atoms. The Labute approximate surface area is 226 Å². The highest BCUT2D eigenvalue weighted by atomic mass is 32.1. The second kappa shape index (κ2) is 11.8. The fourth-order valence-corrected chi connectivity index (χ4v) is 6.24. The lowest BCUT2D eigenvalue weighted by molar-refractivity contribution is -0.121. The number of thiophene rings is 1. The van der Waals surface area contributed by atoms with Crippen LogP contribution in [0.5, 0.6) is 11.5 Å². The summed E-state index contributed by atoms with van der Waals surface area (Å²) in [5, 5.41) is 3.67. The van der Waals surface area contributed by atoms with E-state index in [0.717, 1.165) is 47.2 Å². The van der Waals surface area contributed by atoms with Gasteiger partial charge in [0, 0.05) is 17.0 Å². The largest absolute Gasteiger partial charge is 0.490 e. The number of carbonyl (C=O) groups is 1. The predicted molar refractivity (Wildman–Crippen MR) is 151 cm³/mol. The summed E-state index contributed by atoms with van der Waals surface area (Å²) in [5.74, 6) is 1.74. The van der Waals surface area contributed by atoms with Gasteiger partial charge in [0.25, 0.3) is 5.56 Å². The molecule has 1 amide bonds. The summed E-state index contributed by atoms with van der Waals surface area (Å²) in [6, 6.07) is 15.5. The second-order valence-electron chi connectivity index (χ2n) is 9.33. The zero-order valence-corrected chi connectivity index (χ0v) is 22.7. The third-order valence-electron chi connectivity index (χ3n) is 6.75. The highest BCUT2D eigenvalue weighted by Crippen LogP contribution is 2.35. The monoisotopic (exact) mass is 531 g/mol. The molecule has 0 fully saturated rings. The number of nitrogens with zero attached hydrogens (tertiary/aromatic N) is 2. The quantitative estimate of drug-likeness (QED) is 0.306. The fraction of sp³-hybridized carbons (Fsp3) is 0.367. The molecule has 2 heterocycles. The Hall–Kier alpha value is -3.65. The van der Waals surface area contributed by atoms with Crippen molar-refractivity contribution in [3.63, 3.8) is 0 Å². The Balaban J connectivity index is 1.37. The molecule has 4 aromatic rings. The maximum Gasteiger partial charge on any atom is 0.263 e. The molecule has 0 radical (unpaired) electrons. The molecule has 1 aliphatic rings. The summed E-state index contributed by atoms with van der Waals surface area (Å²) < 4.78 is 12.9. The number of amides is 1. The van der Waals surface area contributed by atoms with Gasteiger partial charge in [0.15, 0.2) is 11.5 Å². The predicted octanol–water partition coefficient (Wildman–Crippen LogP) is 5.16. The summed E-state index contributed by atoms with van der Waals surface area (Å²) in [5.41, 5.74) is 2.86. The molecule has 8 heteroatoms. The van der Waals surface area contributed by atoms with Gasteiger partial charge in [-0.1, -0.05) is 36.4 Å². The molecule has 2 aromatic carbocycles. The third kappa shape index (κ3) is 5.45. The van der Waals surface area contributed by atoms with Crippen molar-refractivity contribution in [1.82, 2.24) is 14.9 Å². The van der Waals surface area contributed by atoms with Crippen LogP contribution in [0, 0.1) is 0 Å². The van der Waals surface area contributed by atoms with Crippen LogP contribution in [0.25, 0.3) is 21.6 Å². The fourth-order valence-electron chi connectivity index (χ4n) is 4.99. The molecule has 0 spiro atoms. The summed E-state index contributed by atoms with van der Waals surface area (Å²) in [6.07, 6.45) is 4.74. The maximum atomic E-state index is 13.8. The minimum absolute atomic E-state index is 0.0793. The zero-order chi connectivity index (χ0) is 26.5. The molecule has 7 nitrogen and oxygen atoms in total. The van der Waals surface area contributed by atoms with Gasteiger partial charge in [0.2, 0.25) is 5.91 Å². The van der Waals surface area contributed by atoms with Crippen LogP contribution in [-0.4, -0.2) is 35.2 Å². The Kier molecular flexibility index (Phi) is 8.08. The Morgan fingerprint density at radius 1 is 1.03 bits per heavy atom. The van der Waals surface area contributed by atoms with E-state index in [2.05, 4.69) is 5.32 Å². The Morgan fingerprint density at radius 2 is 1.79 bits per heavy atom. The van der Waals surface area contributed by atoms with Gasteiger partial charge in [0.05, 0.1) is 18.6 Å². The summed E-state index contributed by atoms with van der Waals surface area (Å²) in [4.78, 5) is 33.8. The molecule has 5 rings (SSSR count). The number of ether oxygens (including phenoxy) is 2. The van der Waals surface area contributed by atoms with Crippen molar-refractivity contribution in [3.8, 4) is 22.9 Å². The topological polar surface area (TPSA) is 82.5 Å². The molecule has 0 atom stereocenters. The average molecular weight is 532 g/mol. The molecule has 38 heavy (non-hydrogen) atoms. The van der Waals surface area contributed by atoms with E-state index in [0.29, 0.717) is 48.9 Å².